The van der Waals surface area contributed by atoms with Gasteiger partial charge in [0.25, 0.3) is 0 Å². The van der Waals surface area contributed by atoms with Crippen LogP contribution in [0.4, 0.5) is 11.4 Å². The van der Waals surface area contributed by atoms with Crippen LogP contribution in [0.1, 0.15) is 11.1 Å². The van der Waals surface area contributed by atoms with Crippen LogP contribution in [0.15, 0.2) is 48.5 Å². The van der Waals surface area contributed by atoms with E-state index in [4.69, 9.17) is 4.74 Å². The molecule has 2 rings (SSSR count). The van der Waals surface area contributed by atoms with E-state index in [0.29, 0.717) is 13.2 Å². The zero-order chi connectivity index (χ0) is 13.5. The fourth-order valence-electron chi connectivity index (χ4n) is 1.82. The zero-order valence-electron chi connectivity index (χ0n) is 11.4. The molecule has 2 aromatic rings. The highest BCUT2D eigenvalue weighted by Gasteiger charge is 1.96. The highest BCUT2D eigenvalue weighted by Crippen LogP contribution is 2.12. The highest BCUT2D eigenvalue weighted by molar-refractivity contribution is 5.44. The van der Waals surface area contributed by atoms with E-state index >= 15 is 0 Å². The predicted octanol–water partition coefficient (Wildman–Crippen LogP) is 3.49. The molecule has 0 fully saturated rings. The van der Waals surface area contributed by atoms with E-state index in [0.717, 1.165) is 11.4 Å². The molecule has 2 aromatic carbocycles. The number of rotatable bonds is 6. The molecule has 0 saturated heterocycles. The molecule has 0 aliphatic rings. The van der Waals surface area contributed by atoms with Gasteiger partial charge in [-0.15, -0.1) is 0 Å². The largest absolute Gasteiger partial charge is 0.388 e. The zero-order valence-corrected chi connectivity index (χ0v) is 11.4. The first kappa shape index (κ1) is 13.4. The Morgan fingerprint density at radius 3 is 1.37 bits per heavy atom. The Morgan fingerprint density at radius 1 is 0.684 bits per heavy atom. The summed E-state index contributed by atoms with van der Waals surface area (Å²) in [5, 5.41) is 6.20. The van der Waals surface area contributed by atoms with Gasteiger partial charge in [-0.25, -0.2) is 0 Å². The standard InChI is InChI=1S/C16H20N2O/c1-17-15-7-3-13(4-8-15)11-19-12-14-5-9-16(18-2)10-6-14/h3-10,17-18H,11-12H2,1-2H3. The van der Waals surface area contributed by atoms with Crippen LogP contribution >= 0.6 is 0 Å². The molecule has 19 heavy (non-hydrogen) atoms. The van der Waals surface area contributed by atoms with Crippen LogP contribution in [0.5, 0.6) is 0 Å². The maximum Gasteiger partial charge on any atom is 0.0721 e. The van der Waals surface area contributed by atoms with E-state index < -0.39 is 0 Å². The van der Waals surface area contributed by atoms with Gasteiger partial charge in [-0.05, 0) is 35.4 Å². The quantitative estimate of drug-likeness (QED) is 0.830. The van der Waals surface area contributed by atoms with E-state index in [1.54, 1.807) is 0 Å². The normalized spacial score (nSPS) is 10.2. The summed E-state index contributed by atoms with van der Waals surface area (Å²) in [5.74, 6) is 0. The van der Waals surface area contributed by atoms with Gasteiger partial charge in [0.05, 0.1) is 13.2 Å². The monoisotopic (exact) mass is 256 g/mol. The van der Waals surface area contributed by atoms with E-state index in [1.165, 1.54) is 11.1 Å². The summed E-state index contributed by atoms with van der Waals surface area (Å²) in [4.78, 5) is 0. The third-order valence-electron chi connectivity index (χ3n) is 3.02. The van der Waals surface area contributed by atoms with Gasteiger partial charge < -0.3 is 15.4 Å². The maximum absolute atomic E-state index is 5.71. The van der Waals surface area contributed by atoms with Crippen molar-refractivity contribution >= 4 is 11.4 Å². The van der Waals surface area contributed by atoms with Gasteiger partial charge in [0.15, 0.2) is 0 Å². The molecule has 3 nitrogen and oxygen atoms in total. The molecule has 0 heterocycles. The molecule has 2 N–H and O–H groups in total. The number of anilines is 2. The van der Waals surface area contributed by atoms with Crippen molar-refractivity contribution in [3.8, 4) is 0 Å². The first-order valence-corrected chi connectivity index (χ1v) is 6.43. The first-order chi connectivity index (χ1) is 9.31. The van der Waals surface area contributed by atoms with Crippen LogP contribution in [-0.4, -0.2) is 14.1 Å². The highest BCUT2D eigenvalue weighted by atomic mass is 16.5. The lowest BCUT2D eigenvalue weighted by atomic mass is 10.2. The third-order valence-corrected chi connectivity index (χ3v) is 3.02. The van der Waals surface area contributed by atoms with E-state index in [2.05, 4.69) is 59.2 Å². The van der Waals surface area contributed by atoms with Crippen LogP contribution in [-0.2, 0) is 18.0 Å². The molecule has 0 atom stereocenters. The summed E-state index contributed by atoms with van der Waals surface area (Å²) in [7, 11) is 3.83. The smallest absolute Gasteiger partial charge is 0.0721 e. The van der Waals surface area contributed by atoms with Crippen LogP contribution in [0.3, 0.4) is 0 Å². The van der Waals surface area contributed by atoms with Crippen LogP contribution in [0.2, 0.25) is 0 Å². The molecule has 0 bridgehead atoms. The molecule has 0 aliphatic carbocycles. The van der Waals surface area contributed by atoms with Gasteiger partial charge in [0.2, 0.25) is 0 Å². The second-order valence-electron chi connectivity index (χ2n) is 4.39. The number of nitrogens with one attached hydrogen (secondary N) is 2. The molecule has 0 radical (unpaired) electrons. The van der Waals surface area contributed by atoms with Crippen LogP contribution in [0.25, 0.3) is 0 Å². The van der Waals surface area contributed by atoms with E-state index in [-0.39, 0.29) is 0 Å². The topological polar surface area (TPSA) is 33.3 Å². The second-order valence-corrected chi connectivity index (χ2v) is 4.39. The third kappa shape index (κ3) is 4.00. The van der Waals surface area contributed by atoms with Crippen molar-refractivity contribution < 1.29 is 4.74 Å². The van der Waals surface area contributed by atoms with Crippen molar-refractivity contribution in [2.45, 2.75) is 13.2 Å². The average molecular weight is 256 g/mol. The summed E-state index contributed by atoms with van der Waals surface area (Å²) in [5.41, 5.74) is 4.61. The molecule has 0 aliphatic heterocycles. The summed E-state index contributed by atoms with van der Waals surface area (Å²) in [6, 6.07) is 16.5. The molecule has 0 saturated carbocycles. The lowest BCUT2D eigenvalue weighted by Gasteiger charge is -2.07. The Labute approximate surface area is 114 Å². The Balaban J connectivity index is 1.81. The SMILES string of the molecule is CNc1ccc(COCc2ccc(NC)cc2)cc1. The Morgan fingerprint density at radius 2 is 1.05 bits per heavy atom. The summed E-state index contributed by atoms with van der Waals surface area (Å²) in [6.07, 6.45) is 0. The second kappa shape index (κ2) is 6.81. The van der Waals surface area contributed by atoms with Gasteiger partial charge in [-0.3, -0.25) is 0 Å². The van der Waals surface area contributed by atoms with Crippen molar-refractivity contribution in [3.63, 3.8) is 0 Å². The van der Waals surface area contributed by atoms with Crippen LogP contribution in [0, 0.1) is 0 Å². The minimum Gasteiger partial charge on any atom is -0.388 e. The molecule has 0 spiro atoms. The molecule has 0 aromatic heterocycles. The lowest BCUT2D eigenvalue weighted by molar-refractivity contribution is 0.107. The Bertz CT molecular complexity index is 444. The van der Waals surface area contributed by atoms with Gasteiger partial charge in [-0.2, -0.15) is 0 Å². The lowest BCUT2D eigenvalue weighted by Crippen LogP contribution is -1.95. The number of hydrogen-bond acceptors (Lipinski definition) is 3. The Kier molecular flexibility index (Phi) is 4.81. The van der Waals surface area contributed by atoms with Gasteiger partial charge in [0.1, 0.15) is 0 Å². The molecule has 100 valence electrons. The minimum atomic E-state index is 0.637. The Hall–Kier alpha value is -2.00. The molecule has 3 heteroatoms. The molecular formula is C16H20N2O. The first-order valence-electron chi connectivity index (χ1n) is 6.43. The van der Waals surface area contributed by atoms with Gasteiger partial charge >= 0.3 is 0 Å². The van der Waals surface area contributed by atoms with E-state index in [1.807, 2.05) is 14.1 Å². The van der Waals surface area contributed by atoms with Gasteiger partial charge in [0, 0.05) is 25.5 Å². The summed E-state index contributed by atoms with van der Waals surface area (Å²) < 4.78 is 5.71. The molecular weight excluding hydrogens is 236 g/mol. The number of benzene rings is 2. The fraction of sp³-hybridized carbons (Fsp3) is 0.250. The minimum absolute atomic E-state index is 0.637. The van der Waals surface area contributed by atoms with E-state index in [9.17, 15) is 0 Å². The summed E-state index contributed by atoms with van der Waals surface area (Å²) in [6.45, 7) is 1.27. The number of hydrogen-bond donors (Lipinski definition) is 2. The predicted molar refractivity (Wildman–Crippen MR) is 80.5 cm³/mol. The summed E-state index contributed by atoms with van der Waals surface area (Å²) >= 11 is 0. The van der Waals surface area contributed by atoms with Crippen molar-refractivity contribution in [3.05, 3.63) is 59.7 Å². The maximum atomic E-state index is 5.71. The molecule has 0 amide bonds. The fourth-order valence-corrected chi connectivity index (χ4v) is 1.82. The van der Waals surface area contributed by atoms with Crippen molar-refractivity contribution in [2.24, 2.45) is 0 Å². The van der Waals surface area contributed by atoms with Crippen molar-refractivity contribution in [2.75, 3.05) is 24.7 Å². The van der Waals surface area contributed by atoms with Crippen LogP contribution < -0.4 is 10.6 Å². The van der Waals surface area contributed by atoms with Crippen molar-refractivity contribution in [1.29, 1.82) is 0 Å². The number of ether oxygens (including phenoxy) is 1. The van der Waals surface area contributed by atoms with Gasteiger partial charge in [-0.1, -0.05) is 24.3 Å². The average Bonchev–Trinajstić information content (AvgIpc) is 2.49. The van der Waals surface area contributed by atoms with Crippen molar-refractivity contribution in [1.82, 2.24) is 0 Å². The molecule has 0 unspecified atom stereocenters.